The van der Waals surface area contributed by atoms with Crippen molar-refractivity contribution in [1.29, 1.82) is 0 Å². The molecule has 140 valence electrons. The van der Waals surface area contributed by atoms with Gasteiger partial charge in [0.2, 0.25) is 0 Å². The molecule has 5 nitrogen and oxygen atoms in total. The van der Waals surface area contributed by atoms with Crippen LogP contribution in [0.5, 0.6) is 0 Å². The Bertz CT molecular complexity index is 1120. The van der Waals surface area contributed by atoms with Crippen molar-refractivity contribution in [1.82, 2.24) is 4.98 Å². The molecule has 3 aromatic carbocycles. The number of aryl methyl sites for hydroxylation is 1. The van der Waals surface area contributed by atoms with Crippen molar-refractivity contribution in [3.05, 3.63) is 72.3 Å². The van der Waals surface area contributed by atoms with E-state index in [9.17, 15) is 4.79 Å². The van der Waals surface area contributed by atoms with Gasteiger partial charge in [0, 0.05) is 22.1 Å². The van der Waals surface area contributed by atoms with E-state index in [2.05, 4.69) is 22.8 Å². The lowest BCUT2D eigenvalue weighted by molar-refractivity contribution is 0.168. The van der Waals surface area contributed by atoms with E-state index in [0.29, 0.717) is 12.3 Å². The van der Waals surface area contributed by atoms with Gasteiger partial charge in [0.1, 0.15) is 0 Å². The fourth-order valence-electron chi connectivity index (χ4n) is 3.23. The molecular weight excluding hydrogens is 350 g/mol. The number of benzene rings is 3. The molecule has 0 radical (unpaired) electrons. The van der Waals surface area contributed by atoms with Crippen LogP contribution in [0.3, 0.4) is 0 Å². The number of anilines is 3. The Morgan fingerprint density at radius 1 is 0.964 bits per heavy atom. The highest BCUT2D eigenvalue weighted by Crippen LogP contribution is 2.34. The summed E-state index contributed by atoms with van der Waals surface area (Å²) in [7, 11) is 0. The number of carbonyl (C=O) groups excluding carboxylic acids is 1. The minimum Gasteiger partial charge on any atom is -0.450 e. The van der Waals surface area contributed by atoms with Crippen LogP contribution < -0.4 is 10.6 Å². The Labute approximate surface area is 163 Å². The van der Waals surface area contributed by atoms with E-state index >= 15 is 0 Å². The first kappa shape index (κ1) is 17.8. The van der Waals surface area contributed by atoms with Gasteiger partial charge in [0.05, 0.1) is 23.3 Å². The number of aromatic nitrogens is 1. The fourth-order valence-corrected chi connectivity index (χ4v) is 3.23. The Kier molecular flexibility index (Phi) is 4.81. The molecule has 0 atom stereocenters. The Hall–Kier alpha value is -3.60. The van der Waals surface area contributed by atoms with Crippen LogP contribution in [0.4, 0.5) is 21.9 Å². The van der Waals surface area contributed by atoms with Crippen LogP contribution in [0.2, 0.25) is 0 Å². The molecule has 0 saturated heterocycles. The zero-order chi connectivity index (χ0) is 19.5. The Balaban J connectivity index is 1.80. The molecule has 0 aliphatic carbocycles. The summed E-state index contributed by atoms with van der Waals surface area (Å²) in [5, 5.41) is 8.42. The highest BCUT2D eigenvalue weighted by atomic mass is 16.5. The first-order chi connectivity index (χ1) is 13.7. The minimum absolute atomic E-state index is 0.331. The number of fused-ring (bicyclic) bond motifs is 2. The molecule has 28 heavy (non-hydrogen) atoms. The topological polar surface area (TPSA) is 63.2 Å². The van der Waals surface area contributed by atoms with E-state index in [1.54, 1.807) is 6.92 Å². The van der Waals surface area contributed by atoms with Crippen LogP contribution in [0.15, 0.2) is 66.7 Å². The summed E-state index contributed by atoms with van der Waals surface area (Å²) < 4.78 is 4.97. The molecule has 0 unspecified atom stereocenters. The van der Waals surface area contributed by atoms with Crippen molar-refractivity contribution in [2.75, 3.05) is 17.2 Å². The molecule has 1 amide bonds. The standard InChI is InChI=1S/C23H21N3O2/c1-3-28-23(27)24-16-13-12-15(2)21(14-16)26-22-17-8-4-6-10-19(17)25-20-11-7-5-9-18(20)22/h4-14H,3H2,1-2H3,(H,24,27)(H,25,26). The van der Waals surface area contributed by atoms with Gasteiger partial charge < -0.3 is 10.1 Å². The van der Waals surface area contributed by atoms with E-state index in [1.165, 1.54) is 0 Å². The number of rotatable bonds is 4. The number of hydrogen-bond acceptors (Lipinski definition) is 4. The fraction of sp³-hybridized carbons (Fsp3) is 0.130. The number of para-hydroxylation sites is 2. The van der Waals surface area contributed by atoms with Crippen molar-refractivity contribution >= 4 is 45.0 Å². The van der Waals surface area contributed by atoms with E-state index < -0.39 is 6.09 Å². The summed E-state index contributed by atoms with van der Waals surface area (Å²) >= 11 is 0. The molecular formula is C23H21N3O2. The van der Waals surface area contributed by atoms with Crippen LogP contribution in [-0.2, 0) is 4.74 Å². The van der Waals surface area contributed by atoms with Crippen molar-refractivity contribution in [3.63, 3.8) is 0 Å². The molecule has 5 heteroatoms. The van der Waals surface area contributed by atoms with E-state index in [1.807, 2.05) is 61.5 Å². The number of pyridine rings is 1. The predicted molar refractivity (Wildman–Crippen MR) is 114 cm³/mol. The average molecular weight is 371 g/mol. The maximum Gasteiger partial charge on any atom is 0.411 e. The molecule has 0 spiro atoms. The average Bonchev–Trinajstić information content (AvgIpc) is 2.70. The van der Waals surface area contributed by atoms with Gasteiger partial charge >= 0.3 is 6.09 Å². The number of hydrogen-bond donors (Lipinski definition) is 2. The Morgan fingerprint density at radius 3 is 2.25 bits per heavy atom. The van der Waals surface area contributed by atoms with Gasteiger partial charge in [-0.2, -0.15) is 0 Å². The van der Waals surface area contributed by atoms with Crippen LogP contribution in [0, 0.1) is 6.92 Å². The molecule has 1 aromatic heterocycles. The first-order valence-electron chi connectivity index (χ1n) is 9.24. The summed E-state index contributed by atoms with van der Waals surface area (Å²) in [6.07, 6.45) is -0.461. The normalized spacial score (nSPS) is 10.8. The summed E-state index contributed by atoms with van der Waals surface area (Å²) in [4.78, 5) is 16.5. The lowest BCUT2D eigenvalue weighted by Gasteiger charge is -2.16. The summed E-state index contributed by atoms with van der Waals surface area (Å²) in [6, 6.07) is 21.9. The van der Waals surface area contributed by atoms with Gasteiger partial charge in [-0.25, -0.2) is 9.78 Å². The van der Waals surface area contributed by atoms with Crippen LogP contribution >= 0.6 is 0 Å². The van der Waals surface area contributed by atoms with Gasteiger partial charge in [0.15, 0.2) is 0 Å². The van der Waals surface area contributed by atoms with Crippen LogP contribution in [0.1, 0.15) is 12.5 Å². The van der Waals surface area contributed by atoms with Gasteiger partial charge in [-0.15, -0.1) is 0 Å². The van der Waals surface area contributed by atoms with Crippen molar-refractivity contribution in [2.45, 2.75) is 13.8 Å². The summed E-state index contributed by atoms with van der Waals surface area (Å²) in [5.74, 6) is 0. The molecule has 0 aliphatic rings. The minimum atomic E-state index is -0.461. The maximum absolute atomic E-state index is 11.8. The lowest BCUT2D eigenvalue weighted by atomic mass is 10.1. The number of ether oxygens (including phenoxy) is 1. The van der Waals surface area contributed by atoms with Crippen LogP contribution in [-0.4, -0.2) is 17.7 Å². The molecule has 1 heterocycles. The van der Waals surface area contributed by atoms with Crippen molar-refractivity contribution in [3.8, 4) is 0 Å². The number of amides is 1. The van der Waals surface area contributed by atoms with E-state index in [0.717, 1.165) is 38.7 Å². The van der Waals surface area contributed by atoms with Gasteiger partial charge in [0.25, 0.3) is 0 Å². The number of nitrogens with zero attached hydrogens (tertiary/aromatic N) is 1. The maximum atomic E-state index is 11.8. The van der Waals surface area contributed by atoms with E-state index in [-0.39, 0.29) is 0 Å². The van der Waals surface area contributed by atoms with Gasteiger partial charge in [-0.05, 0) is 43.7 Å². The van der Waals surface area contributed by atoms with Gasteiger partial charge in [-0.3, -0.25) is 5.32 Å². The molecule has 0 aliphatic heterocycles. The van der Waals surface area contributed by atoms with Crippen molar-refractivity contribution in [2.24, 2.45) is 0 Å². The number of carbonyl (C=O) groups is 1. The second-order valence-corrected chi connectivity index (χ2v) is 6.52. The van der Waals surface area contributed by atoms with E-state index in [4.69, 9.17) is 9.72 Å². The SMILES string of the molecule is CCOC(=O)Nc1ccc(C)c(Nc2c3ccccc3nc3ccccc23)c1. The molecule has 0 saturated carbocycles. The highest BCUT2D eigenvalue weighted by molar-refractivity contribution is 6.08. The lowest BCUT2D eigenvalue weighted by Crippen LogP contribution is -2.13. The molecule has 2 N–H and O–H groups in total. The third-order valence-electron chi connectivity index (χ3n) is 4.61. The second-order valence-electron chi connectivity index (χ2n) is 6.52. The smallest absolute Gasteiger partial charge is 0.411 e. The zero-order valence-electron chi connectivity index (χ0n) is 15.8. The summed E-state index contributed by atoms with van der Waals surface area (Å²) in [6.45, 7) is 4.14. The third kappa shape index (κ3) is 3.47. The zero-order valence-corrected chi connectivity index (χ0v) is 15.8. The molecule has 4 rings (SSSR count). The van der Waals surface area contributed by atoms with Crippen LogP contribution in [0.25, 0.3) is 21.8 Å². The van der Waals surface area contributed by atoms with Gasteiger partial charge in [-0.1, -0.05) is 42.5 Å². The quantitative estimate of drug-likeness (QED) is 0.431. The largest absolute Gasteiger partial charge is 0.450 e. The predicted octanol–water partition coefficient (Wildman–Crippen LogP) is 6.01. The van der Waals surface area contributed by atoms with Crippen molar-refractivity contribution < 1.29 is 9.53 Å². The molecule has 0 fully saturated rings. The molecule has 0 bridgehead atoms. The first-order valence-corrected chi connectivity index (χ1v) is 9.24. The second kappa shape index (κ2) is 7.56. The monoisotopic (exact) mass is 371 g/mol. The Morgan fingerprint density at radius 2 is 1.61 bits per heavy atom. The summed E-state index contributed by atoms with van der Waals surface area (Å²) in [5.41, 5.74) is 5.52. The highest BCUT2D eigenvalue weighted by Gasteiger charge is 2.11. The number of nitrogens with one attached hydrogen (secondary N) is 2. The molecule has 4 aromatic rings. The third-order valence-corrected chi connectivity index (χ3v) is 4.61.